The second kappa shape index (κ2) is 5.09. The standard InChI is InChI=1S/C18H19N3/c1-12-4-7-15(8-5-12)18-16(19)11-21(20-18)17-9-6-13(2)10-14(17)3/h4-11H,19H2,1-3H3. The van der Waals surface area contributed by atoms with E-state index in [1.165, 1.54) is 16.7 Å². The quantitative estimate of drug-likeness (QED) is 0.768. The van der Waals surface area contributed by atoms with E-state index in [2.05, 4.69) is 68.3 Å². The summed E-state index contributed by atoms with van der Waals surface area (Å²) < 4.78 is 1.86. The molecule has 3 nitrogen and oxygen atoms in total. The smallest absolute Gasteiger partial charge is 0.116 e. The third-order valence-electron chi connectivity index (χ3n) is 3.67. The molecule has 3 heteroatoms. The van der Waals surface area contributed by atoms with Crippen molar-refractivity contribution in [2.24, 2.45) is 0 Å². The highest BCUT2D eigenvalue weighted by molar-refractivity contribution is 5.72. The van der Waals surface area contributed by atoms with Crippen molar-refractivity contribution < 1.29 is 0 Å². The molecule has 2 N–H and O–H groups in total. The van der Waals surface area contributed by atoms with Gasteiger partial charge in [0.1, 0.15) is 5.69 Å². The molecule has 1 aromatic heterocycles. The van der Waals surface area contributed by atoms with Crippen molar-refractivity contribution in [1.82, 2.24) is 9.78 Å². The fraction of sp³-hybridized carbons (Fsp3) is 0.167. The summed E-state index contributed by atoms with van der Waals surface area (Å²) in [7, 11) is 0. The highest BCUT2D eigenvalue weighted by atomic mass is 15.3. The Morgan fingerprint density at radius 3 is 2.24 bits per heavy atom. The van der Waals surface area contributed by atoms with Gasteiger partial charge < -0.3 is 5.73 Å². The molecule has 0 aliphatic carbocycles. The Balaban J connectivity index is 2.07. The van der Waals surface area contributed by atoms with Crippen LogP contribution in [0.25, 0.3) is 16.9 Å². The molecule has 0 unspecified atom stereocenters. The van der Waals surface area contributed by atoms with Crippen molar-refractivity contribution in [3.8, 4) is 16.9 Å². The van der Waals surface area contributed by atoms with Gasteiger partial charge in [-0.1, -0.05) is 47.5 Å². The molecule has 0 amide bonds. The number of rotatable bonds is 2. The fourth-order valence-electron chi connectivity index (χ4n) is 2.51. The number of benzene rings is 2. The summed E-state index contributed by atoms with van der Waals surface area (Å²) in [5, 5.41) is 4.66. The maximum absolute atomic E-state index is 6.15. The third-order valence-corrected chi connectivity index (χ3v) is 3.67. The summed E-state index contributed by atoms with van der Waals surface area (Å²) in [5.41, 5.74) is 13.4. The first kappa shape index (κ1) is 13.4. The number of nitrogens with two attached hydrogens (primary N) is 1. The molecule has 0 aliphatic heterocycles. The molecular weight excluding hydrogens is 258 g/mol. The highest BCUT2D eigenvalue weighted by Gasteiger charge is 2.10. The molecule has 3 rings (SSSR count). The molecule has 0 bridgehead atoms. The van der Waals surface area contributed by atoms with E-state index in [1.807, 2.05) is 10.9 Å². The molecule has 0 atom stereocenters. The molecule has 2 aromatic carbocycles. The maximum Gasteiger partial charge on any atom is 0.116 e. The lowest BCUT2D eigenvalue weighted by molar-refractivity contribution is 0.876. The third kappa shape index (κ3) is 2.55. The van der Waals surface area contributed by atoms with Gasteiger partial charge in [-0.15, -0.1) is 0 Å². The van der Waals surface area contributed by atoms with Crippen LogP contribution < -0.4 is 5.73 Å². The van der Waals surface area contributed by atoms with E-state index < -0.39 is 0 Å². The van der Waals surface area contributed by atoms with Gasteiger partial charge in [0.2, 0.25) is 0 Å². The first-order chi connectivity index (χ1) is 10.0. The molecular formula is C18H19N3. The Bertz CT molecular complexity index is 783. The number of anilines is 1. The summed E-state index contributed by atoms with van der Waals surface area (Å²) in [6.07, 6.45) is 1.88. The summed E-state index contributed by atoms with van der Waals surface area (Å²) in [6, 6.07) is 14.6. The summed E-state index contributed by atoms with van der Waals surface area (Å²) in [5.74, 6) is 0. The second-order valence-corrected chi connectivity index (χ2v) is 5.53. The minimum atomic E-state index is 0.693. The van der Waals surface area contributed by atoms with Gasteiger partial charge in [0.25, 0.3) is 0 Å². The van der Waals surface area contributed by atoms with E-state index in [4.69, 9.17) is 5.73 Å². The lowest BCUT2D eigenvalue weighted by atomic mass is 10.1. The minimum Gasteiger partial charge on any atom is -0.396 e. The van der Waals surface area contributed by atoms with Gasteiger partial charge in [-0.3, -0.25) is 0 Å². The molecule has 3 aromatic rings. The number of nitrogen functional groups attached to an aromatic ring is 1. The molecule has 0 saturated heterocycles. The SMILES string of the molecule is Cc1ccc(-c2nn(-c3ccc(C)cc3C)cc2N)cc1. The Kier molecular flexibility index (Phi) is 3.26. The van der Waals surface area contributed by atoms with Gasteiger partial charge in [0, 0.05) is 5.56 Å². The van der Waals surface area contributed by atoms with Crippen molar-refractivity contribution in [2.45, 2.75) is 20.8 Å². The molecule has 106 valence electrons. The van der Waals surface area contributed by atoms with E-state index >= 15 is 0 Å². The molecule has 0 fully saturated rings. The first-order valence-corrected chi connectivity index (χ1v) is 7.04. The van der Waals surface area contributed by atoms with Crippen LogP contribution >= 0.6 is 0 Å². The van der Waals surface area contributed by atoms with E-state index in [9.17, 15) is 0 Å². The molecule has 0 radical (unpaired) electrons. The number of aryl methyl sites for hydroxylation is 3. The van der Waals surface area contributed by atoms with Crippen LogP contribution in [0.2, 0.25) is 0 Å². The van der Waals surface area contributed by atoms with Gasteiger partial charge in [0.05, 0.1) is 17.6 Å². The zero-order valence-electron chi connectivity index (χ0n) is 12.6. The van der Waals surface area contributed by atoms with Gasteiger partial charge in [-0.2, -0.15) is 5.10 Å². The minimum absolute atomic E-state index is 0.693. The molecule has 0 spiro atoms. The summed E-state index contributed by atoms with van der Waals surface area (Å²) in [4.78, 5) is 0. The van der Waals surface area contributed by atoms with E-state index in [-0.39, 0.29) is 0 Å². The van der Waals surface area contributed by atoms with Gasteiger partial charge in [-0.05, 0) is 32.4 Å². The largest absolute Gasteiger partial charge is 0.396 e. The van der Waals surface area contributed by atoms with Crippen LogP contribution in [0.15, 0.2) is 48.7 Å². The van der Waals surface area contributed by atoms with E-state index in [0.717, 1.165) is 16.9 Å². The van der Waals surface area contributed by atoms with Crippen LogP contribution in [0.1, 0.15) is 16.7 Å². The Hall–Kier alpha value is -2.55. The fourth-order valence-corrected chi connectivity index (χ4v) is 2.51. The number of hydrogen-bond acceptors (Lipinski definition) is 2. The molecule has 1 heterocycles. The predicted molar refractivity (Wildman–Crippen MR) is 87.6 cm³/mol. The van der Waals surface area contributed by atoms with Crippen LogP contribution in [0.5, 0.6) is 0 Å². The molecule has 21 heavy (non-hydrogen) atoms. The van der Waals surface area contributed by atoms with Crippen molar-refractivity contribution >= 4 is 5.69 Å². The number of nitrogens with zero attached hydrogens (tertiary/aromatic N) is 2. The summed E-state index contributed by atoms with van der Waals surface area (Å²) >= 11 is 0. The zero-order valence-corrected chi connectivity index (χ0v) is 12.6. The van der Waals surface area contributed by atoms with Crippen molar-refractivity contribution in [3.63, 3.8) is 0 Å². The lowest BCUT2D eigenvalue weighted by Gasteiger charge is -2.06. The molecule has 0 aliphatic rings. The topological polar surface area (TPSA) is 43.8 Å². The number of aromatic nitrogens is 2. The van der Waals surface area contributed by atoms with Crippen molar-refractivity contribution in [3.05, 3.63) is 65.4 Å². The maximum atomic E-state index is 6.15. The highest BCUT2D eigenvalue weighted by Crippen LogP contribution is 2.26. The Morgan fingerprint density at radius 2 is 1.57 bits per heavy atom. The van der Waals surface area contributed by atoms with E-state index in [1.54, 1.807) is 0 Å². The first-order valence-electron chi connectivity index (χ1n) is 7.04. The number of hydrogen-bond donors (Lipinski definition) is 1. The van der Waals surface area contributed by atoms with Crippen LogP contribution in [0.4, 0.5) is 5.69 Å². The second-order valence-electron chi connectivity index (χ2n) is 5.53. The van der Waals surface area contributed by atoms with Gasteiger partial charge >= 0.3 is 0 Å². The van der Waals surface area contributed by atoms with Gasteiger partial charge in [-0.25, -0.2) is 4.68 Å². The monoisotopic (exact) mass is 277 g/mol. The summed E-state index contributed by atoms with van der Waals surface area (Å²) in [6.45, 7) is 6.25. The zero-order chi connectivity index (χ0) is 15.0. The van der Waals surface area contributed by atoms with Gasteiger partial charge in [0.15, 0.2) is 0 Å². The van der Waals surface area contributed by atoms with Crippen LogP contribution in [0, 0.1) is 20.8 Å². The van der Waals surface area contributed by atoms with Crippen LogP contribution in [-0.4, -0.2) is 9.78 Å². The van der Waals surface area contributed by atoms with Crippen LogP contribution in [-0.2, 0) is 0 Å². The molecule has 0 saturated carbocycles. The van der Waals surface area contributed by atoms with E-state index in [0.29, 0.717) is 5.69 Å². The Morgan fingerprint density at radius 1 is 0.905 bits per heavy atom. The normalized spacial score (nSPS) is 10.8. The Labute approximate surface area is 125 Å². The lowest BCUT2D eigenvalue weighted by Crippen LogP contribution is -1.98. The van der Waals surface area contributed by atoms with Crippen LogP contribution in [0.3, 0.4) is 0 Å². The van der Waals surface area contributed by atoms with Crippen molar-refractivity contribution in [1.29, 1.82) is 0 Å². The van der Waals surface area contributed by atoms with Crippen molar-refractivity contribution in [2.75, 3.05) is 5.73 Å². The average Bonchev–Trinajstić information content (AvgIpc) is 2.81. The predicted octanol–water partition coefficient (Wildman–Crippen LogP) is 4.05. The average molecular weight is 277 g/mol.